The zero-order valence-electron chi connectivity index (χ0n) is 46.6. The van der Waals surface area contributed by atoms with E-state index in [4.69, 9.17) is 9.97 Å². The molecule has 0 spiro atoms. The molecule has 0 radical (unpaired) electrons. The van der Waals surface area contributed by atoms with Gasteiger partial charge in [-0.15, -0.1) is 0 Å². The van der Waals surface area contributed by atoms with Gasteiger partial charge in [0.2, 0.25) is 0 Å². The van der Waals surface area contributed by atoms with Gasteiger partial charge in [0.25, 0.3) is 0 Å². The first kappa shape index (κ1) is 54.9. The number of rotatable bonds is 8. The Hall–Kier alpha value is -9.72. The van der Waals surface area contributed by atoms with Crippen molar-refractivity contribution in [1.82, 2.24) is 29.1 Å². The van der Waals surface area contributed by atoms with Crippen LogP contribution in [0.3, 0.4) is 0 Å². The van der Waals surface area contributed by atoms with Crippen LogP contribution in [0, 0.1) is 0 Å². The maximum Gasteiger partial charge on any atom is 0.488 e. The van der Waals surface area contributed by atoms with Gasteiger partial charge >= 0.3 is 18.5 Å². The number of aromatic nitrogens is 6. The molecule has 84 heavy (non-hydrogen) atoms. The summed E-state index contributed by atoms with van der Waals surface area (Å²) in [4.78, 5) is 44.5. The molecule has 2 aliphatic carbocycles. The molecule has 2 N–H and O–H groups in total. The van der Waals surface area contributed by atoms with Crippen LogP contribution in [0.1, 0.15) is 49.9 Å². The van der Waals surface area contributed by atoms with E-state index in [1.165, 1.54) is 43.5 Å². The van der Waals surface area contributed by atoms with Crippen LogP contribution in [-0.2, 0) is 10.8 Å². The molecule has 12 aromatic rings. The quantitative estimate of drug-likeness (QED) is 0.144. The predicted octanol–water partition coefficient (Wildman–Crippen LogP) is 14.3. The van der Waals surface area contributed by atoms with Crippen molar-refractivity contribution >= 4 is 28.5 Å². The van der Waals surface area contributed by atoms with Gasteiger partial charge in [-0.25, -0.2) is 28.7 Å². The first-order chi connectivity index (χ1) is 40.7. The molecule has 0 amide bonds. The highest BCUT2D eigenvalue weighted by atomic mass is 79.9. The zero-order chi connectivity index (χ0) is 58.1. The molecule has 2 heterocycles. The van der Waals surface area contributed by atoms with Crippen LogP contribution in [0.5, 0.6) is 0 Å². The normalized spacial score (nSPS) is 12.8. The van der Waals surface area contributed by atoms with Gasteiger partial charge in [-0.3, -0.25) is 0 Å². The molecule has 0 bridgehead atoms. The molecule has 0 fully saturated rings. The van der Waals surface area contributed by atoms with Gasteiger partial charge in [0, 0.05) is 37.6 Å². The topological polar surface area (TPSA) is 136 Å². The van der Waals surface area contributed by atoms with Gasteiger partial charge in [0.1, 0.15) is 0 Å². The lowest BCUT2D eigenvalue weighted by atomic mass is 9.75. The van der Waals surface area contributed by atoms with Crippen molar-refractivity contribution in [3.63, 3.8) is 0 Å². The van der Waals surface area contributed by atoms with Crippen molar-refractivity contribution in [3.05, 3.63) is 302 Å². The van der Waals surface area contributed by atoms with E-state index >= 15 is 0 Å². The fourth-order valence-electron chi connectivity index (χ4n) is 11.4. The van der Waals surface area contributed by atoms with E-state index in [0.717, 1.165) is 54.8 Å². The van der Waals surface area contributed by atoms with E-state index in [1.807, 2.05) is 182 Å². The summed E-state index contributed by atoms with van der Waals surface area (Å²) in [6.07, 6.45) is 0. The number of benzene rings is 10. The minimum absolute atomic E-state index is 0.0579. The summed E-state index contributed by atoms with van der Waals surface area (Å²) in [5, 5.41) is 18.6. The predicted molar refractivity (Wildman–Crippen MR) is 342 cm³/mol. The van der Waals surface area contributed by atoms with Gasteiger partial charge in [-0.1, -0.05) is 256 Å². The Morgan fingerprint density at radius 2 is 0.714 bits per heavy atom. The van der Waals surface area contributed by atoms with Crippen molar-refractivity contribution in [2.75, 3.05) is 0 Å². The number of nitrogens with zero attached hydrogens (tertiary/aromatic N) is 6. The lowest BCUT2D eigenvalue weighted by Gasteiger charge is -2.22. The van der Waals surface area contributed by atoms with Gasteiger partial charge in [-0.05, 0) is 104 Å². The molecule has 0 saturated heterocycles. The van der Waals surface area contributed by atoms with E-state index in [2.05, 4.69) is 120 Å². The third-order valence-corrected chi connectivity index (χ3v) is 16.3. The Morgan fingerprint density at radius 3 is 1.15 bits per heavy atom. The van der Waals surface area contributed by atoms with Crippen LogP contribution in [0.2, 0.25) is 0 Å². The van der Waals surface area contributed by atoms with Crippen LogP contribution in [0.15, 0.2) is 269 Å². The second-order valence-electron chi connectivity index (χ2n) is 21.7. The molecule has 10 aromatic carbocycles. The average Bonchev–Trinajstić information content (AvgIpc) is 1.97. The number of halogens is 1. The number of hydrogen-bond donors (Lipinski definition) is 2. The van der Waals surface area contributed by atoms with E-state index in [-0.39, 0.29) is 22.2 Å². The Bertz CT molecular complexity index is 4500. The van der Waals surface area contributed by atoms with Gasteiger partial charge < -0.3 is 10.0 Å². The molecular formula is C72H56BBrN6O4. The molecule has 2 aliphatic rings. The number of hydrogen-bond acceptors (Lipinski definition) is 8. The molecule has 0 atom stereocenters. The van der Waals surface area contributed by atoms with E-state index in [1.54, 1.807) is 10.6 Å². The van der Waals surface area contributed by atoms with Crippen molar-refractivity contribution < 1.29 is 10.0 Å². The lowest BCUT2D eigenvalue weighted by molar-refractivity contribution is 0.425. The summed E-state index contributed by atoms with van der Waals surface area (Å²) in [5.74, 6) is 1.96. The van der Waals surface area contributed by atoms with E-state index in [9.17, 15) is 19.6 Å². The average molecular weight is 1160 g/mol. The van der Waals surface area contributed by atoms with Crippen LogP contribution >= 0.6 is 15.9 Å². The molecule has 12 heteroatoms. The molecular weight excluding hydrogens is 1100 g/mol. The van der Waals surface area contributed by atoms with E-state index < -0.39 is 7.12 Å². The highest BCUT2D eigenvalue weighted by Gasteiger charge is 2.37. The highest BCUT2D eigenvalue weighted by molar-refractivity contribution is 9.10. The standard InChI is InChI=1S/C36H27N3O.C21H14BrN3O.C15H15BO2/c1-36(2)31-16-10-9-15-29(31)30-22-19-27(23-32(30)36)24-17-20-28(21-18-24)39-34(26-13-7-4-8-14-26)37-33(38-35(39)40)25-11-5-3-6-12-25;22-17-11-13-18(14-12-17)25-20(16-9-5-2-6-10-16)23-19(24-21(25)26)15-7-3-1-4-8-15;1-15(2)13-6-4-3-5-11(13)12-8-7-10(16(17)18)9-14(12)15/h3-23H,1-2H3;1-14H;3-9,17-18H,1-2H3. The SMILES string of the molecule is CC1(C)c2ccccc2-c2ccc(-c3ccc(-n4c(-c5ccccc5)nc(-c5ccccc5)nc4=O)cc3)cc21.CC1(C)c2ccccc2-c2ccc(B(O)O)cc21.O=c1nc(-c2ccccc2)nc(-c2ccccc2)n1-c1ccc(Br)cc1. The second kappa shape index (κ2) is 22.9. The van der Waals surface area contributed by atoms with Crippen LogP contribution in [0.4, 0.5) is 0 Å². The van der Waals surface area contributed by atoms with Crippen LogP contribution < -0.4 is 16.8 Å². The fourth-order valence-corrected chi connectivity index (χ4v) is 11.7. The van der Waals surface area contributed by atoms with E-state index in [0.29, 0.717) is 28.8 Å². The minimum Gasteiger partial charge on any atom is -0.423 e. The van der Waals surface area contributed by atoms with Crippen molar-refractivity contribution in [2.45, 2.75) is 38.5 Å². The lowest BCUT2D eigenvalue weighted by Crippen LogP contribution is -2.31. The molecule has 10 nitrogen and oxygen atoms in total. The first-order valence-electron chi connectivity index (χ1n) is 27.7. The second-order valence-corrected chi connectivity index (χ2v) is 22.7. The third kappa shape index (κ3) is 10.6. The van der Waals surface area contributed by atoms with Crippen LogP contribution in [-0.4, -0.2) is 46.2 Å². The summed E-state index contributed by atoms with van der Waals surface area (Å²) in [5.41, 5.74) is 16.9. The fraction of sp³-hybridized carbons (Fsp3) is 0.0833. The largest absolute Gasteiger partial charge is 0.488 e. The Kier molecular flexibility index (Phi) is 15.0. The summed E-state index contributed by atoms with van der Waals surface area (Å²) in [6, 6.07) is 83.6. The summed E-state index contributed by atoms with van der Waals surface area (Å²) in [7, 11) is -1.41. The molecule has 0 saturated carbocycles. The van der Waals surface area contributed by atoms with Crippen LogP contribution in [0.25, 0.3) is 90.3 Å². The van der Waals surface area contributed by atoms with Gasteiger partial charge in [0.15, 0.2) is 23.3 Å². The monoisotopic (exact) mass is 1160 g/mol. The van der Waals surface area contributed by atoms with Gasteiger partial charge in [-0.2, -0.15) is 9.97 Å². The molecule has 14 rings (SSSR count). The van der Waals surface area contributed by atoms with Gasteiger partial charge in [0.05, 0.1) is 11.4 Å². The maximum absolute atomic E-state index is 13.5. The minimum atomic E-state index is -1.41. The molecule has 2 aromatic heterocycles. The van der Waals surface area contributed by atoms with Crippen molar-refractivity contribution in [2.24, 2.45) is 0 Å². The van der Waals surface area contributed by atoms with Crippen molar-refractivity contribution in [3.8, 4) is 90.3 Å². The smallest absolute Gasteiger partial charge is 0.423 e. The third-order valence-electron chi connectivity index (χ3n) is 15.8. The Morgan fingerprint density at radius 1 is 0.357 bits per heavy atom. The molecule has 408 valence electrons. The maximum atomic E-state index is 13.5. The summed E-state index contributed by atoms with van der Waals surface area (Å²) >= 11 is 3.42. The van der Waals surface area contributed by atoms with Crippen molar-refractivity contribution in [1.29, 1.82) is 0 Å². The first-order valence-corrected chi connectivity index (χ1v) is 28.5. The Labute approximate surface area is 496 Å². The number of fused-ring (bicyclic) bond motifs is 6. The Balaban J connectivity index is 0.000000135. The summed E-state index contributed by atoms with van der Waals surface area (Å²) in [6.45, 7) is 8.93. The molecule has 0 unspecified atom stereocenters. The molecule has 0 aliphatic heterocycles. The summed E-state index contributed by atoms with van der Waals surface area (Å²) < 4.78 is 4.07. The zero-order valence-corrected chi connectivity index (χ0v) is 48.2. The highest BCUT2D eigenvalue weighted by Crippen LogP contribution is 2.50.